The molecule has 0 aromatic rings. The van der Waals surface area contributed by atoms with Crippen LogP contribution in [0.5, 0.6) is 0 Å². The average Bonchev–Trinajstić information content (AvgIpc) is 2.53. The van der Waals surface area contributed by atoms with Crippen LogP contribution in [0, 0.1) is 11.8 Å². The summed E-state index contributed by atoms with van der Waals surface area (Å²) in [6, 6.07) is 0. The van der Waals surface area contributed by atoms with E-state index in [1.165, 1.54) is 6.92 Å². The fourth-order valence-electron chi connectivity index (χ4n) is 2.51. The molecule has 0 heterocycles. The lowest BCUT2D eigenvalue weighted by atomic mass is 9.86. The minimum atomic E-state index is -0.531. The van der Waals surface area contributed by atoms with E-state index in [1.54, 1.807) is 12.2 Å². The summed E-state index contributed by atoms with van der Waals surface area (Å²) < 4.78 is 0. The molecular formula is C20H34O3. The molecule has 3 unspecified atom stereocenters. The van der Waals surface area contributed by atoms with Gasteiger partial charge in [0.1, 0.15) is 12.1 Å². The van der Waals surface area contributed by atoms with Gasteiger partial charge >= 0.3 is 0 Å². The van der Waals surface area contributed by atoms with Gasteiger partial charge in [-0.3, -0.25) is 4.79 Å². The van der Waals surface area contributed by atoms with Gasteiger partial charge in [-0.05, 0) is 26.2 Å². The maximum atomic E-state index is 11.8. The van der Waals surface area contributed by atoms with Gasteiger partial charge in [-0.1, -0.05) is 70.3 Å². The van der Waals surface area contributed by atoms with E-state index in [0.717, 1.165) is 44.8 Å². The molecule has 0 saturated carbocycles. The molecule has 23 heavy (non-hydrogen) atoms. The molecule has 0 aliphatic rings. The molecule has 0 bridgehead atoms. The lowest BCUT2D eigenvalue weighted by Gasteiger charge is -2.16. The van der Waals surface area contributed by atoms with Crippen molar-refractivity contribution in [1.82, 2.24) is 0 Å². The Bertz CT molecular complexity index is 371. The van der Waals surface area contributed by atoms with Crippen molar-refractivity contribution in [3.8, 4) is 0 Å². The van der Waals surface area contributed by atoms with Crippen LogP contribution in [-0.2, 0) is 9.59 Å². The Kier molecular flexibility index (Phi) is 13.6. The summed E-state index contributed by atoms with van der Waals surface area (Å²) >= 11 is 0. The number of ketones is 1. The number of rotatable bonds is 14. The Balaban J connectivity index is 4.55. The van der Waals surface area contributed by atoms with Gasteiger partial charge < -0.3 is 9.90 Å². The maximum absolute atomic E-state index is 11.8. The minimum absolute atomic E-state index is 0.0207. The first-order valence-corrected chi connectivity index (χ1v) is 9.03. The summed E-state index contributed by atoms with van der Waals surface area (Å²) in [5.41, 5.74) is 0. The monoisotopic (exact) mass is 322 g/mol. The summed E-state index contributed by atoms with van der Waals surface area (Å²) in [7, 11) is 0. The molecule has 0 rings (SSSR count). The number of aliphatic hydroxyl groups excluding tert-OH is 1. The summed E-state index contributed by atoms with van der Waals surface area (Å²) in [6.07, 6.45) is 15.5. The first kappa shape index (κ1) is 21.8. The summed E-state index contributed by atoms with van der Waals surface area (Å²) in [6.45, 7) is 5.80. The zero-order valence-corrected chi connectivity index (χ0v) is 15.0. The predicted molar refractivity (Wildman–Crippen MR) is 96.3 cm³/mol. The second-order valence-corrected chi connectivity index (χ2v) is 6.23. The average molecular weight is 322 g/mol. The Hall–Kier alpha value is -1.22. The topological polar surface area (TPSA) is 54.4 Å². The van der Waals surface area contributed by atoms with Crippen LogP contribution in [0.2, 0.25) is 0 Å². The fraction of sp³-hybridized carbons (Fsp3) is 0.700. The first-order chi connectivity index (χ1) is 11.1. The molecule has 0 radical (unpaired) electrons. The van der Waals surface area contributed by atoms with Gasteiger partial charge in [-0.25, -0.2) is 0 Å². The third-order valence-electron chi connectivity index (χ3n) is 4.08. The smallest absolute Gasteiger partial charge is 0.134 e. The number of aliphatic hydroxyl groups is 1. The molecule has 0 aromatic heterocycles. The van der Waals surface area contributed by atoms with E-state index in [1.807, 2.05) is 6.08 Å². The molecule has 0 spiro atoms. The molecule has 1 N–H and O–H groups in total. The highest BCUT2D eigenvalue weighted by Crippen LogP contribution is 2.19. The van der Waals surface area contributed by atoms with Crippen LogP contribution in [0.4, 0.5) is 0 Å². The van der Waals surface area contributed by atoms with Crippen molar-refractivity contribution in [3.63, 3.8) is 0 Å². The van der Waals surface area contributed by atoms with Gasteiger partial charge in [0, 0.05) is 11.8 Å². The molecule has 0 fully saturated rings. The number of carbonyl (C=O) groups is 2. The first-order valence-electron chi connectivity index (χ1n) is 9.03. The van der Waals surface area contributed by atoms with Crippen molar-refractivity contribution >= 4 is 12.1 Å². The quantitative estimate of drug-likeness (QED) is 0.288. The van der Waals surface area contributed by atoms with Crippen LogP contribution in [0.3, 0.4) is 0 Å². The number of aldehydes is 1. The van der Waals surface area contributed by atoms with Crippen LogP contribution in [-0.4, -0.2) is 23.3 Å². The number of allylic oxidation sites excluding steroid dienone is 3. The van der Waals surface area contributed by atoms with Gasteiger partial charge in [-0.2, -0.15) is 0 Å². The van der Waals surface area contributed by atoms with Gasteiger partial charge in [0.15, 0.2) is 0 Å². The predicted octanol–water partition coefficient (Wildman–Crippen LogP) is 4.64. The molecule has 3 atom stereocenters. The van der Waals surface area contributed by atoms with E-state index >= 15 is 0 Å². The van der Waals surface area contributed by atoms with Crippen molar-refractivity contribution in [2.24, 2.45) is 11.8 Å². The molecule has 0 amide bonds. The highest BCUT2D eigenvalue weighted by molar-refractivity contribution is 5.82. The van der Waals surface area contributed by atoms with E-state index in [9.17, 15) is 14.7 Å². The molecule has 3 heteroatoms. The molecule has 3 nitrogen and oxygen atoms in total. The van der Waals surface area contributed by atoms with Crippen LogP contribution >= 0.6 is 0 Å². The second kappa shape index (κ2) is 14.4. The van der Waals surface area contributed by atoms with Crippen molar-refractivity contribution in [2.45, 2.75) is 78.2 Å². The van der Waals surface area contributed by atoms with Crippen molar-refractivity contribution in [1.29, 1.82) is 0 Å². The molecule has 0 aliphatic carbocycles. The lowest BCUT2D eigenvalue weighted by Crippen LogP contribution is -2.21. The largest absolute Gasteiger partial charge is 0.389 e. The van der Waals surface area contributed by atoms with E-state index in [2.05, 4.69) is 19.9 Å². The number of unbranched alkanes of at least 4 members (excludes halogenated alkanes) is 4. The highest BCUT2D eigenvalue weighted by atomic mass is 16.3. The van der Waals surface area contributed by atoms with Crippen LogP contribution in [0.25, 0.3) is 0 Å². The van der Waals surface area contributed by atoms with Gasteiger partial charge in [0.05, 0.1) is 6.10 Å². The fourth-order valence-corrected chi connectivity index (χ4v) is 2.51. The maximum Gasteiger partial charge on any atom is 0.134 e. The third-order valence-corrected chi connectivity index (χ3v) is 4.08. The van der Waals surface area contributed by atoms with E-state index in [0.29, 0.717) is 12.8 Å². The second-order valence-electron chi connectivity index (χ2n) is 6.23. The number of Topliss-reactive ketones (excluding diaryl/α,β-unsaturated/α-hetero) is 1. The normalized spacial score (nSPS) is 15.8. The zero-order chi connectivity index (χ0) is 17.5. The Labute approximate surface area is 141 Å². The standard InChI is InChI=1S/C20H34O3/c1-4-6-8-9-11-13-20(17(3)22)18(16-21)14-15-19(23)12-10-7-5-2/h9,11,14-16,18-20,23H,4-8,10,12-13H2,1-3H3/b11-9-,15-14+. The van der Waals surface area contributed by atoms with Crippen LogP contribution < -0.4 is 0 Å². The summed E-state index contributed by atoms with van der Waals surface area (Å²) in [5.74, 6) is -0.763. The number of hydrogen-bond donors (Lipinski definition) is 1. The molecule has 0 aromatic carbocycles. The summed E-state index contributed by atoms with van der Waals surface area (Å²) in [4.78, 5) is 23.2. The lowest BCUT2D eigenvalue weighted by molar-refractivity contribution is -0.124. The van der Waals surface area contributed by atoms with E-state index in [4.69, 9.17) is 0 Å². The summed E-state index contributed by atoms with van der Waals surface area (Å²) in [5, 5.41) is 9.91. The zero-order valence-electron chi connectivity index (χ0n) is 15.0. The van der Waals surface area contributed by atoms with Crippen LogP contribution in [0.15, 0.2) is 24.3 Å². The van der Waals surface area contributed by atoms with Gasteiger partial charge in [0.25, 0.3) is 0 Å². The van der Waals surface area contributed by atoms with Crippen LogP contribution in [0.1, 0.15) is 72.1 Å². The Morgan fingerprint density at radius 1 is 1.04 bits per heavy atom. The Morgan fingerprint density at radius 2 is 1.74 bits per heavy atom. The highest BCUT2D eigenvalue weighted by Gasteiger charge is 2.22. The van der Waals surface area contributed by atoms with E-state index < -0.39 is 12.0 Å². The molecule has 132 valence electrons. The molecule has 0 saturated heterocycles. The SMILES string of the molecule is CCCC/C=C\CC(C(C)=O)C(C=O)/C=C/C(O)CCCCC. The third kappa shape index (κ3) is 11.0. The van der Waals surface area contributed by atoms with Gasteiger partial charge in [-0.15, -0.1) is 0 Å². The van der Waals surface area contributed by atoms with Gasteiger partial charge in [0.2, 0.25) is 0 Å². The van der Waals surface area contributed by atoms with Crippen molar-refractivity contribution in [3.05, 3.63) is 24.3 Å². The van der Waals surface area contributed by atoms with Crippen molar-refractivity contribution in [2.75, 3.05) is 0 Å². The number of hydrogen-bond acceptors (Lipinski definition) is 3. The molecule has 0 aliphatic heterocycles. The number of carbonyl (C=O) groups excluding carboxylic acids is 2. The van der Waals surface area contributed by atoms with Crippen molar-refractivity contribution < 1.29 is 14.7 Å². The molecular weight excluding hydrogens is 288 g/mol. The van der Waals surface area contributed by atoms with E-state index in [-0.39, 0.29) is 11.7 Å². The Morgan fingerprint density at radius 3 is 2.30 bits per heavy atom. The minimum Gasteiger partial charge on any atom is -0.389 e.